The molecule has 2 aliphatic rings. The summed E-state index contributed by atoms with van der Waals surface area (Å²) in [6, 6.07) is 17.6. The highest BCUT2D eigenvalue weighted by Crippen LogP contribution is 2.36. The lowest BCUT2D eigenvalue weighted by Gasteiger charge is -2.33. The van der Waals surface area contributed by atoms with Crippen molar-refractivity contribution in [1.29, 1.82) is 0 Å². The second-order valence-electron chi connectivity index (χ2n) is 9.88. The van der Waals surface area contributed by atoms with Gasteiger partial charge in [-0.3, -0.25) is 9.78 Å². The standard InChI is InChI=1S/C17H17ClN6O3.C14H10O4/c1-22-6-8-23(9-7-22)17(26)27-16-14-13(19-4-5-20-14)15(25)24(16)12-3-2-11(18)10-21-12;15-13(16)11-8-4-5-9-12(11)14(17)18-10-6-2-1-3-7-10/h2-5,10,16H,6-9H2,1H3;1-9H,(H,15,16). The molecule has 0 bridgehead atoms. The second kappa shape index (κ2) is 13.9. The number of esters is 1. The zero-order valence-corrected chi connectivity index (χ0v) is 24.7. The van der Waals surface area contributed by atoms with Crippen molar-refractivity contribution in [3.63, 3.8) is 0 Å². The van der Waals surface area contributed by atoms with E-state index in [1.54, 1.807) is 59.5 Å². The molecule has 6 rings (SSSR count). The molecule has 1 saturated heterocycles. The Labute approximate surface area is 262 Å². The minimum absolute atomic E-state index is 0.0360. The van der Waals surface area contributed by atoms with E-state index in [4.69, 9.17) is 26.2 Å². The molecule has 2 amide bonds. The van der Waals surface area contributed by atoms with Gasteiger partial charge in [-0.2, -0.15) is 0 Å². The number of aromatic nitrogens is 3. The number of carboxylic acids is 1. The highest BCUT2D eigenvalue weighted by atomic mass is 35.5. The van der Waals surface area contributed by atoms with Gasteiger partial charge in [0.1, 0.15) is 17.3 Å². The summed E-state index contributed by atoms with van der Waals surface area (Å²) in [6.07, 6.45) is 2.78. The van der Waals surface area contributed by atoms with Crippen LogP contribution < -0.4 is 9.64 Å². The molecule has 2 aromatic heterocycles. The fraction of sp³-hybridized carbons (Fsp3) is 0.194. The number of ether oxygens (including phenoxy) is 2. The van der Waals surface area contributed by atoms with Crippen LogP contribution in [-0.2, 0) is 4.74 Å². The summed E-state index contributed by atoms with van der Waals surface area (Å²) in [6.45, 7) is 2.64. The van der Waals surface area contributed by atoms with E-state index in [-0.39, 0.29) is 16.8 Å². The Balaban J connectivity index is 0.000000194. The number of fused-ring (bicyclic) bond motifs is 1. The summed E-state index contributed by atoms with van der Waals surface area (Å²) in [7, 11) is 2.00. The van der Waals surface area contributed by atoms with Crippen LogP contribution in [0.25, 0.3) is 0 Å². The van der Waals surface area contributed by atoms with Gasteiger partial charge in [0.25, 0.3) is 5.91 Å². The summed E-state index contributed by atoms with van der Waals surface area (Å²) in [5.41, 5.74) is 0.402. The van der Waals surface area contributed by atoms with Gasteiger partial charge in [0.05, 0.1) is 16.1 Å². The number of carbonyl (C=O) groups excluding carboxylic acids is 3. The minimum atomic E-state index is -1.16. The van der Waals surface area contributed by atoms with Crippen molar-refractivity contribution >= 4 is 41.4 Å². The third-order valence-corrected chi connectivity index (χ3v) is 7.10. The second-order valence-corrected chi connectivity index (χ2v) is 10.3. The Kier molecular flexibility index (Phi) is 9.61. The van der Waals surface area contributed by atoms with E-state index in [0.29, 0.717) is 35.4 Å². The van der Waals surface area contributed by atoms with Gasteiger partial charge < -0.3 is 24.4 Å². The molecule has 1 unspecified atom stereocenters. The van der Waals surface area contributed by atoms with Gasteiger partial charge in [0.2, 0.25) is 6.23 Å². The number of aromatic carboxylic acids is 1. The summed E-state index contributed by atoms with van der Waals surface area (Å²) in [5.74, 6) is -1.58. The molecular formula is C31H27ClN6O7. The van der Waals surface area contributed by atoms with Crippen molar-refractivity contribution in [2.45, 2.75) is 6.23 Å². The van der Waals surface area contributed by atoms with E-state index < -0.39 is 30.2 Å². The number of hydrogen-bond donors (Lipinski definition) is 1. The normalized spacial score (nSPS) is 15.9. The quantitative estimate of drug-likeness (QED) is 0.249. The monoisotopic (exact) mass is 630 g/mol. The van der Waals surface area contributed by atoms with Crippen molar-refractivity contribution in [2.24, 2.45) is 0 Å². The van der Waals surface area contributed by atoms with Crippen LogP contribution in [0.15, 0.2) is 85.3 Å². The molecule has 0 radical (unpaired) electrons. The topological polar surface area (TPSA) is 155 Å². The summed E-state index contributed by atoms with van der Waals surface area (Å²) in [4.78, 5) is 65.8. The summed E-state index contributed by atoms with van der Waals surface area (Å²) in [5, 5.41) is 9.41. The first-order valence-electron chi connectivity index (χ1n) is 13.7. The van der Waals surface area contributed by atoms with E-state index in [9.17, 15) is 19.2 Å². The highest BCUT2D eigenvalue weighted by molar-refractivity contribution is 6.30. The molecule has 1 fully saturated rings. The van der Waals surface area contributed by atoms with Crippen LogP contribution in [0.2, 0.25) is 5.02 Å². The molecule has 13 nitrogen and oxygen atoms in total. The van der Waals surface area contributed by atoms with E-state index in [2.05, 4.69) is 19.9 Å². The molecule has 4 heterocycles. The molecular weight excluding hydrogens is 604 g/mol. The van der Waals surface area contributed by atoms with Crippen LogP contribution in [0.4, 0.5) is 10.6 Å². The Morgan fingerprint density at radius 1 is 0.867 bits per heavy atom. The van der Waals surface area contributed by atoms with Crippen LogP contribution in [0, 0.1) is 0 Å². The van der Waals surface area contributed by atoms with E-state index in [0.717, 1.165) is 13.1 Å². The van der Waals surface area contributed by atoms with Crippen molar-refractivity contribution < 1.29 is 33.8 Å². The van der Waals surface area contributed by atoms with Gasteiger partial charge >= 0.3 is 18.0 Å². The first-order valence-corrected chi connectivity index (χ1v) is 14.1. The molecule has 14 heteroatoms. The van der Waals surface area contributed by atoms with Gasteiger partial charge in [0.15, 0.2) is 5.69 Å². The lowest BCUT2D eigenvalue weighted by atomic mass is 10.1. The molecule has 0 saturated carbocycles. The molecule has 0 aliphatic carbocycles. The van der Waals surface area contributed by atoms with E-state index >= 15 is 0 Å². The van der Waals surface area contributed by atoms with Crippen molar-refractivity contribution in [1.82, 2.24) is 24.8 Å². The Morgan fingerprint density at radius 2 is 1.53 bits per heavy atom. The number of rotatable bonds is 5. The zero-order valence-electron chi connectivity index (χ0n) is 23.9. The molecule has 0 spiro atoms. The summed E-state index contributed by atoms with van der Waals surface area (Å²) >= 11 is 5.89. The highest BCUT2D eigenvalue weighted by Gasteiger charge is 2.44. The summed E-state index contributed by atoms with van der Waals surface area (Å²) < 4.78 is 10.8. The fourth-order valence-electron chi connectivity index (χ4n) is 4.54. The number of benzene rings is 2. The van der Waals surface area contributed by atoms with Crippen LogP contribution in [0.3, 0.4) is 0 Å². The average Bonchev–Trinajstić information content (AvgIpc) is 3.33. The SMILES string of the molecule is CN1CCN(C(=O)OC2c3nccnc3C(=O)N2c2ccc(Cl)cn2)CC1.O=C(O)c1ccccc1C(=O)Oc1ccccc1. The number of para-hydroxylation sites is 1. The third-order valence-electron chi connectivity index (χ3n) is 6.88. The van der Waals surface area contributed by atoms with Gasteiger partial charge in [-0.1, -0.05) is 41.9 Å². The number of hydrogen-bond acceptors (Lipinski definition) is 10. The predicted molar refractivity (Wildman–Crippen MR) is 161 cm³/mol. The number of amides is 2. The maximum atomic E-state index is 12.8. The van der Waals surface area contributed by atoms with Crippen LogP contribution in [0.1, 0.15) is 43.1 Å². The molecule has 2 aromatic carbocycles. The number of carboxylic acid groups (broad SMARTS) is 1. The Bertz CT molecular complexity index is 1700. The smallest absolute Gasteiger partial charge is 0.412 e. The van der Waals surface area contributed by atoms with Crippen molar-refractivity contribution in [2.75, 3.05) is 38.1 Å². The van der Waals surface area contributed by atoms with Crippen LogP contribution in [0.5, 0.6) is 5.75 Å². The number of piperazine rings is 1. The number of likely N-dealkylation sites (N-methyl/N-ethyl adjacent to an activating group) is 1. The molecule has 4 aromatic rings. The van der Waals surface area contributed by atoms with Crippen LogP contribution in [-0.4, -0.2) is 87.0 Å². The predicted octanol–water partition coefficient (Wildman–Crippen LogP) is 4.17. The van der Waals surface area contributed by atoms with Gasteiger partial charge in [0, 0.05) is 44.8 Å². The van der Waals surface area contributed by atoms with Gasteiger partial charge in [-0.25, -0.2) is 29.3 Å². The first-order chi connectivity index (χ1) is 21.7. The lowest BCUT2D eigenvalue weighted by molar-refractivity contribution is 0.0476. The van der Waals surface area contributed by atoms with Gasteiger partial charge in [-0.15, -0.1) is 0 Å². The van der Waals surface area contributed by atoms with Crippen molar-refractivity contribution in [3.8, 4) is 5.75 Å². The average molecular weight is 631 g/mol. The molecule has 230 valence electrons. The maximum absolute atomic E-state index is 12.8. The van der Waals surface area contributed by atoms with Crippen molar-refractivity contribution in [3.05, 3.63) is 113 Å². The number of halogens is 1. The lowest BCUT2D eigenvalue weighted by Crippen LogP contribution is -2.48. The largest absolute Gasteiger partial charge is 0.478 e. The zero-order chi connectivity index (χ0) is 31.9. The number of nitrogens with zero attached hydrogens (tertiary/aromatic N) is 6. The van der Waals surface area contributed by atoms with E-state index in [1.165, 1.54) is 35.6 Å². The molecule has 45 heavy (non-hydrogen) atoms. The molecule has 2 aliphatic heterocycles. The first kappa shape index (κ1) is 31.0. The number of carbonyl (C=O) groups is 4. The maximum Gasteiger partial charge on any atom is 0.412 e. The number of anilines is 1. The van der Waals surface area contributed by atoms with E-state index in [1.807, 2.05) is 7.05 Å². The minimum Gasteiger partial charge on any atom is -0.478 e. The third kappa shape index (κ3) is 7.22. The molecule has 1 N–H and O–H groups in total. The van der Waals surface area contributed by atoms with Gasteiger partial charge in [-0.05, 0) is 43.4 Å². The fourth-order valence-corrected chi connectivity index (χ4v) is 4.65. The molecule has 1 atom stereocenters. The Hall–Kier alpha value is -5.40. The Morgan fingerprint density at radius 3 is 2.20 bits per heavy atom. The number of pyridine rings is 1. The van der Waals surface area contributed by atoms with Crippen LogP contribution >= 0.6 is 11.6 Å².